The topological polar surface area (TPSA) is 38.8 Å². The van der Waals surface area contributed by atoms with E-state index in [1.807, 2.05) is 29.3 Å². The van der Waals surface area contributed by atoms with E-state index in [1.165, 1.54) is 0 Å². The monoisotopic (exact) mass is 295 g/mol. The molecule has 2 saturated heterocycles. The minimum atomic E-state index is -0.136. The third-order valence-electron chi connectivity index (χ3n) is 4.07. The van der Waals surface area contributed by atoms with Crippen molar-refractivity contribution in [2.45, 2.75) is 37.9 Å². The van der Waals surface area contributed by atoms with Crippen molar-refractivity contribution in [3.63, 3.8) is 0 Å². The highest BCUT2D eigenvalue weighted by atomic mass is 32.1. The molecular formula is C15H21NO3S. The number of rotatable bonds is 4. The molecule has 3 rings (SSSR count). The van der Waals surface area contributed by atoms with Gasteiger partial charge in [0.2, 0.25) is 5.91 Å². The lowest BCUT2D eigenvalue weighted by atomic mass is 9.84. The van der Waals surface area contributed by atoms with Gasteiger partial charge in [-0.1, -0.05) is 6.07 Å². The molecular weight excluding hydrogens is 274 g/mol. The maximum atomic E-state index is 12.2. The normalized spacial score (nSPS) is 24.6. The van der Waals surface area contributed by atoms with Crippen LogP contribution in [0.3, 0.4) is 0 Å². The molecule has 0 radical (unpaired) electrons. The van der Waals surface area contributed by atoms with E-state index >= 15 is 0 Å². The van der Waals surface area contributed by atoms with Gasteiger partial charge in [0.05, 0.1) is 25.6 Å². The first-order chi connectivity index (χ1) is 9.71. The van der Waals surface area contributed by atoms with Crippen LogP contribution in [0.5, 0.6) is 0 Å². The lowest BCUT2D eigenvalue weighted by molar-refractivity contribution is -0.200. The summed E-state index contributed by atoms with van der Waals surface area (Å²) < 4.78 is 11.6. The molecule has 0 aromatic carbocycles. The zero-order valence-electron chi connectivity index (χ0n) is 11.8. The van der Waals surface area contributed by atoms with Crippen molar-refractivity contribution in [2.75, 3.05) is 26.3 Å². The molecule has 1 spiro atoms. The maximum Gasteiger partial charge on any atom is 0.228 e. The molecule has 1 aromatic heterocycles. The fourth-order valence-corrected chi connectivity index (χ4v) is 3.78. The third-order valence-corrected chi connectivity index (χ3v) is 4.94. The van der Waals surface area contributed by atoms with E-state index in [0.717, 1.165) is 44.0 Å². The molecule has 1 unspecified atom stereocenters. The number of hydrogen-bond donors (Lipinski definition) is 0. The quantitative estimate of drug-likeness (QED) is 0.854. The molecule has 2 fully saturated rings. The number of likely N-dealkylation sites (tertiary alicyclic amines) is 1. The molecule has 4 nitrogen and oxygen atoms in total. The summed E-state index contributed by atoms with van der Waals surface area (Å²) in [6.07, 6.45) is 2.70. The summed E-state index contributed by atoms with van der Waals surface area (Å²) in [5.74, 6) is 0.209. The van der Waals surface area contributed by atoms with Crippen LogP contribution in [0.2, 0.25) is 0 Å². The van der Waals surface area contributed by atoms with E-state index in [1.54, 1.807) is 11.3 Å². The van der Waals surface area contributed by atoms with Crippen LogP contribution in [0.4, 0.5) is 0 Å². The molecule has 1 atom stereocenters. The van der Waals surface area contributed by atoms with Gasteiger partial charge >= 0.3 is 0 Å². The van der Waals surface area contributed by atoms with Gasteiger partial charge in [0.15, 0.2) is 0 Å². The van der Waals surface area contributed by atoms with E-state index < -0.39 is 0 Å². The molecule has 0 aliphatic carbocycles. The van der Waals surface area contributed by atoms with Gasteiger partial charge in [-0.05, 0) is 24.8 Å². The molecule has 110 valence electrons. The van der Waals surface area contributed by atoms with Crippen molar-refractivity contribution >= 4 is 17.2 Å². The summed E-state index contributed by atoms with van der Waals surface area (Å²) in [7, 11) is 0. The molecule has 1 amide bonds. The molecule has 0 saturated carbocycles. The summed E-state index contributed by atoms with van der Waals surface area (Å²) in [5, 5.41) is 2.01. The lowest BCUT2D eigenvalue weighted by Gasteiger charge is -2.53. The molecule has 3 heterocycles. The van der Waals surface area contributed by atoms with Gasteiger partial charge in [0, 0.05) is 24.5 Å². The SMILES string of the molecule is CCOC1CCOC2(C1)CN(C(=O)Cc1cccs1)C2. The Morgan fingerprint density at radius 3 is 3.15 bits per heavy atom. The largest absolute Gasteiger partial charge is 0.378 e. The molecule has 1 aromatic rings. The van der Waals surface area contributed by atoms with Gasteiger partial charge in [0.25, 0.3) is 0 Å². The number of ether oxygens (including phenoxy) is 2. The predicted molar refractivity (Wildman–Crippen MR) is 77.9 cm³/mol. The fraction of sp³-hybridized carbons (Fsp3) is 0.667. The first-order valence-electron chi connectivity index (χ1n) is 7.26. The van der Waals surface area contributed by atoms with Gasteiger partial charge in [-0.15, -0.1) is 11.3 Å². The molecule has 0 N–H and O–H groups in total. The molecule has 2 aliphatic heterocycles. The van der Waals surface area contributed by atoms with Crippen molar-refractivity contribution in [3.8, 4) is 0 Å². The first kappa shape index (κ1) is 14.0. The second kappa shape index (κ2) is 5.84. The average molecular weight is 295 g/mol. The van der Waals surface area contributed by atoms with Crippen LogP contribution in [0.25, 0.3) is 0 Å². The van der Waals surface area contributed by atoms with Gasteiger partial charge in [-0.2, -0.15) is 0 Å². The Hall–Kier alpha value is -0.910. The summed E-state index contributed by atoms with van der Waals surface area (Å²) in [4.78, 5) is 15.2. The van der Waals surface area contributed by atoms with Gasteiger partial charge in [0.1, 0.15) is 5.60 Å². The van der Waals surface area contributed by atoms with Gasteiger partial charge in [-0.25, -0.2) is 0 Å². The Kier molecular flexibility index (Phi) is 4.10. The van der Waals surface area contributed by atoms with E-state index in [9.17, 15) is 4.79 Å². The zero-order chi connectivity index (χ0) is 14.0. The van der Waals surface area contributed by atoms with Crippen LogP contribution in [0.15, 0.2) is 17.5 Å². The highest BCUT2D eigenvalue weighted by molar-refractivity contribution is 7.10. The Balaban J connectivity index is 1.51. The van der Waals surface area contributed by atoms with E-state index in [2.05, 4.69) is 0 Å². The standard InChI is InChI=1S/C15H21NO3S/c1-2-18-12-5-6-19-15(9-12)10-16(11-15)14(17)8-13-4-3-7-20-13/h3-4,7,12H,2,5-6,8-11H2,1H3. The lowest BCUT2D eigenvalue weighted by Crippen LogP contribution is -2.67. The number of nitrogens with zero attached hydrogens (tertiary/aromatic N) is 1. The molecule has 20 heavy (non-hydrogen) atoms. The predicted octanol–water partition coefficient (Wildman–Crippen LogP) is 2.09. The van der Waals surface area contributed by atoms with Crippen molar-refractivity contribution in [1.29, 1.82) is 0 Å². The second-order valence-corrected chi connectivity index (χ2v) is 6.64. The third kappa shape index (κ3) is 2.90. The van der Waals surface area contributed by atoms with Crippen LogP contribution in [-0.2, 0) is 20.7 Å². The minimum absolute atomic E-state index is 0.136. The Labute approximate surface area is 123 Å². The van der Waals surface area contributed by atoms with Crippen molar-refractivity contribution in [2.24, 2.45) is 0 Å². The van der Waals surface area contributed by atoms with E-state index in [0.29, 0.717) is 12.5 Å². The molecule has 5 heteroatoms. The number of hydrogen-bond acceptors (Lipinski definition) is 4. The Morgan fingerprint density at radius 1 is 1.60 bits per heavy atom. The number of carbonyl (C=O) groups is 1. The van der Waals surface area contributed by atoms with E-state index in [-0.39, 0.29) is 11.5 Å². The number of carbonyl (C=O) groups excluding carboxylic acids is 1. The first-order valence-corrected chi connectivity index (χ1v) is 8.14. The smallest absolute Gasteiger partial charge is 0.228 e. The summed E-state index contributed by atoms with van der Waals surface area (Å²) in [5.41, 5.74) is -0.136. The Morgan fingerprint density at radius 2 is 2.45 bits per heavy atom. The summed E-state index contributed by atoms with van der Waals surface area (Å²) in [6, 6.07) is 4.00. The summed E-state index contributed by atoms with van der Waals surface area (Å²) in [6.45, 7) is 4.97. The van der Waals surface area contributed by atoms with Gasteiger partial charge in [-0.3, -0.25) is 4.79 Å². The van der Waals surface area contributed by atoms with Crippen LogP contribution < -0.4 is 0 Å². The minimum Gasteiger partial charge on any atom is -0.378 e. The number of thiophene rings is 1. The highest BCUT2D eigenvalue weighted by Gasteiger charge is 2.49. The van der Waals surface area contributed by atoms with Crippen molar-refractivity contribution < 1.29 is 14.3 Å². The zero-order valence-corrected chi connectivity index (χ0v) is 12.7. The second-order valence-electron chi connectivity index (χ2n) is 5.61. The van der Waals surface area contributed by atoms with Crippen molar-refractivity contribution in [3.05, 3.63) is 22.4 Å². The summed E-state index contributed by atoms with van der Waals surface area (Å²) >= 11 is 1.64. The molecule has 0 bridgehead atoms. The van der Waals surface area contributed by atoms with Crippen LogP contribution in [-0.4, -0.2) is 48.8 Å². The molecule has 2 aliphatic rings. The van der Waals surface area contributed by atoms with Crippen LogP contribution >= 0.6 is 11.3 Å². The fourth-order valence-electron chi connectivity index (χ4n) is 3.08. The highest BCUT2D eigenvalue weighted by Crippen LogP contribution is 2.35. The Bertz CT molecular complexity index is 452. The average Bonchev–Trinajstić information content (AvgIpc) is 2.89. The van der Waals surface area contributed by atoms with Crippen molar-refractivity contribution in [1.82, 2.24) is 4.90 Å². The van der Waals surface area contributed by atoms with Gasteiger partial charge < -0.3 is 14.4 Å². The van der Waals surface area contributed by atoms with E-state index in [4.69, 9.17) is 9.47 Å². The number of amides is 1. The van der Waals surface area contributed by atoms with Crippen LogP contribution in [0, 0.1) is 0 Å². The maximum absolute atomic E-state index is 12.2. The van der Waals surface area contributed by atoms with Crippen LogP contribution in [0.1, 0.15) is 24.6 Å².